The van der Waals surface area contributed by atoms with Crippen molar-refractivity contribution >= 4 is 26.1 Å². The average Bonchev–Trinajstić information content (AvgIpc) is 2.72. The van der Waals surface area contributed by atoms with Crippen LogP contribution in [0.4, 0.5) is 0 Å². The zero-order chi connectivity index (χ0) is 21.4. The molecule has 0 unspecified atom stereocenters. The summed E-state index contributed by atoms with van der Waals surface area (Å²) in [5.74, 6) is 0.126. The first kappa shape index (κ1) is 29.3. The van der Waals surface area contributed by atoms with Crippen LogP contribution in [-0.4, -0.2) is 26.1 Å². The number of carbonyl (C=O) groups excluding carboxylic acids is 1. The van der Waals surface area contributed by atoms with Gasteiger partial charge in [0.1, 0.15) is 0 Å². The molecule has 2 nitrogen and oxygen atoms in total. The molecule has 0 aromatic carbocycles. The molecular weight excluding hydrogens is 463 g/mol. The molecule has 0 aliphatic carbocycles. The summed E-state index contributed by atoms with van der Waals surface area (Å²) in [5, 5.41) is 0. The normalized spacial score (nSPS) is 11.3. The molecule has 0 saturated heterocycles. The van der Waals surface area contributed by atoms with Crippen molar-refractivity contribution in [2.24, 2.45) is 0 Å². The molecule has 0 atom stereocenters. The van der Waals surface area contributed by atoms with Crippen molar-refractivity contribution in [2.75, 3.05) is 0 Å². The molecule has 0 N–H and O–H groups in total. The first-order chi connectivity index (χ1) is 14.2. The Morgan fingerprint density at radius 2 is 0.862 bits per heavy atom. The number of carbonyl (C=O) groups is 1. The third-order valence-corrected chi connectivity index (χ3v) is 12.5. The summed E-state index contributed by atoms with van der Waals surface area (Å²) < 4.78 is 8.41. The van der Waals surface area contributed by atoms with Gasteiger partial charge in [0.25, 0.3) is 0 Å². The van der Waals surface area contributed by atoms with Crippen LogP contribution >= 0.6 is 0 Å². The summed E-state index contributed by atoms with van der Waals surface area (Å²) in [5.41, 5.74) is 0. The van der Waals surface area contributed by atoms with Gasteiger partial charge in [0.15, 0.2) is 0 Å². The molecule has 0 aliphatic heterocycles. The van der Waals surface area contributed by atoms with Crippen molar-refractivity contribution in [3.8, 4) is 0 Å². The van der Waals surface area contributed by atoms with Crippen LogP contribution in [0, 0.1) is 0 Å². The van der Waals surface area contributed by atoms with E-state index in [0.717, 1.165) is 6.42 Å². The fourth-order valence-corrected chi connectivity index (χ4v) is 10.6. The van der Waals surface area contributed by atoms with Crippen LogP contribution in [0.5, 0.6) is 0 Å². The molecule has 3 heteroatoms. The van der Waals surface area contributed by atoms with E-state index in [1.807, 2.05) is 0 Å². The Morgan fingerprint density at radius 3 is 1.24 bits per heavy atom. The molecule has 0 heterocycles. The summed E-state index contributed by atoms with van der Waals surface area (Å²) in [6, 6.07) is 0. The molecule has 0 bridgehead atoms. The van der Waals surface area contributed by atoms with Crippen LogP contribution in [0.15, 0.2) is 0 Å². The maximum absolute atomic E-state index is 12.1. The third-order valence-electron chi connectivity index (χ3n) is 5.86. The molecule has 0 aliphatic rings. The topological polar surface area (TPSA) is 26.3 Å². The number of hydrogen-bond donors (Lipinski definition) is 0. The first-order valence-electron chi connectivity index (χ1n) is 13.3. The SMILES string of the molecule is CCCCCCCCCCCCCCCCCC(=O)[O][Sn]([CH2]CCC)[CH2]CCC. The zero-order valence-corrected chi connectivity index (χ0v) is 23.2. The van der Waals surface area contributed by atoms with Crippen molar-refractivity contribution in [1.29, 1.82) is 0 Å². The van der Waals surface area contributed by atoms with Gasteiger partial charge >= 0.3 is 147 Å². The Hall–Kier alpha value is 0.269. The van der Waals surface area contributed by atoms with Gasteiger partial charge in [-0.15, -0.1) is 0 Å². The first-order valence-corrected chi connectivity index (χ1v) is 18.5. The summed E-state index contributed by atoms with van der Waals surface area (Å²) in [6.45, 7) is 6.76. The van der Waals surface area contributed by atoms with Crippen molar-refractivity contribution in [3.05, 3.63) is 0 Å². The minimum absolute atomic E-state index is 0.126. The minimum atomic E-state index is -1.87. The molecule has 29 heavy (non-hydrogen) atoms. The standard InChI is InChI=1S/C18H36O2.2C4H9.Sn/c1-2-3-4-5-6-7-8-9-10-11-12-13-14-15-16-17-18(19)20;2*1-3-4-2;/h2-17H2,1H3,(H,19,20);2*1,3-4H2,2H3;/q;;;+1/p-1. The van der Waals surface area contributed by atoms with E-state index < -0.39 is 20.2 Å². The second kappa shape index (κ2) is 24.5. The number of rotatable bonds is 23. The molecule has 0 spiro atoms. The quantitative estimate of drug-likeness (QED) is 0.0999. The van der Waals surface area contributed by atoms with Gasteiger partial charge in [0, 0.05) is 0 Å². The molecule has 0 amide bonds. The van der Waals surface area contributed by atoms with Gasteiger partial charge < -0.3 is 0 Å². The van der Waals surface area contributed by atoms with E-state index in [1.165, 1.54) is 124 Å². The molecular formula is C26H53O2Sn. The zero-order valence-electron chi connectivity index (χ0n) is 20.4. The fourth-order valence-electron chi connectivity index (χ4n) is 3.83. The second-order valence-electron chi connectivity index (χ2n) is 8.92. The van der Waals surface area contributed by atoms with Crippen LogP contribution in [0.1, 0.15) is 149 Å². The molecule has 173 valence electrons. The molecule has 0 fully saturated rings. The van der Waals surface area contributed by atoms with Crippen LogP contribution in [0.2, 0.25) is 8.87 Å². The summed E-state index contributed by atoms with van der Waals surface area (Å²) in [4.78, 5) is 12.1. The van der Waals surface area contributed by atoms with Crippen LogP contribution in [-0.2, 0) is 7.87 Å². The van der Waals surface area contributed by atoms with Gasteiger partial charge in [-0.3, -0.25) is 0 Å². The average molecular weight is 516 g/mol. The van der Waals surface area contributed by atoms with Gasteiger partial charge in [-0.1, -0.05) is 45.4 Å². The van der Waals surface area contributed by atoms with E-state index in [9.17, 15) is 4.79 Å². The van der Waals surface area contributed by atoms with Crippen LogP contribution in [0.25, 0.3) is 0 Å². The number of hydrogen-bond acceptors (Lipinski definition) is 2. The van der Waals surface area contributed by atoms with Crippen molar-refractivity contribution in [2.45, 2.75) is 158 Å². The monoisotopic (exact) mass is 517 g/mol. The Labute approximate surface area is 191 Å². The van der Waals surface area contributed by atoms with Gasteiger partial charge in [0.2, 0.25) is 0 Å². The summed E-state index contributed by atoms with van der Waals surface area (Å²) in [7, 11) is 0. The van der Waals surface area contributed by atoms with E-state index in [1.54, 1.807) is 0 Å². The van der Waals surface area contributed by atoms with Crippen molar-refractivity contribution < 1.29 is 7.87 Å². The van der Waals surface area contributed by atoms with E-state index in [2.05, 4.69) is 20.8 Å². The van der Waals surface area contributed by atoms with E-state index in [-0.39, 0.29) is 5.97 Å². The summed E-state index contributed by atoms with van der Waals surface area (Å²) in [6.07, 6.45) is 26.1. The van der Waals surface area contributed by atoms with E-state index >= 15 is 0 Å². The fraction of sp³-hybridized carbons (Fsp3) is 0.962. The Balaban J connectivity index is 3.40. The van der Waals surface area contributed by atoms with Gasteiger partial charge in [-0.05, 0) is 0 Å². The molecule has 0 aromatic rings. The predicted molar refractivity (Wildman–Crippen MR) is 131 cm³/mol. The second-order valence-corrected chi connectivity index (χ2v) is 15.4. The van der Waals surface area contributed by atoms with Crippen LogP contribution < -0.4 is 0 Å². The molecule has 0 rings (SSSR count). The Kier molecular flexibility index (Phi) is 24.8. The third kappa shape index (κ3) is 22.8. The molecule has 0 aromatic heterocycles. The van der Waals surface area contributed by atoms with E-state index in [0.29, 0.717) is 6.42 Å². The number of unbranched alkanes of at least 4 members (excludes halogenated alkanes) is 16. The van der Waals surface area contributed by atoms with Crippen molar-refractivity contribution in [3.63, 3.8) is 0 Å². The van der Waals surface area contributed by atoms with Gasteiger partial charge in [-0.2, -0.15) is 0 Å². The summed E-state index contributed by atoms with van der Waals surface area (Å²) >= 11 is -1.87. The predicted octanol–water partition coefficient (Wildman–Crippen LogP) is 9.38. The van der Waals surface area contributed by atoms with Crippen molar-refractivity contribution in [1.82, 2.24) is 0 Å². The molecule has 1 radical (unpaired) electrons. The van der Waals surface area contributed by atoms with Gasteiger partial charge in [0.05, 0.1) is 0 Å². The van der Waals surface area contributed by atoms with Gasteiger partial charge in [-0.25, -0.2) is 0 Å². The van der Waals surface area contributed by atoms with E-state index in [4.69, 9.17) is 3.07 Å². The molecule has 0 saturated carbocycles. The Morgan fingerprint density at radius 1 is 0.517 bits per heavy atom. The van der Waals surface area contributed by atoms with Crippen LogP contribution in [0.3, 0.4) is 0 Å². The maximum atomic E-state index is 12.1. The Bertz CT molecular complexity index is 325.